The number of nitrogens with one attached hydrogen (secondary N) is 1. The van der Waals surface area contributed by atoms with Crippen molar-refractivity contribution in [1.29, 1.82) is 0 Å². The van der Waals surface area contributed by atoms with Crippen LogP contribution in [0.25, 0.3) is 6.08 Å². The molecule has 1 saturated heterocycles. The van der Waals surface area contributed by atoms with Crippen molar-refractivity contribution in [3.05, 3.63) is 41.5 Å². The molecule has 162 valence electrons. The van der Waals surface area contributed by atoms with Gasteiger partial charge in [-0.2, -0.15) is 5.10 Å². The molecule has 0 unspecified atom stereocenters. The lowest BCUT2D eigenvalue weighted by atomic mass is 10.1. The summed E-state index contributed by atoms with van der Waals surface area (Å²) in [7, 11) is 1.62. The smallest absolute Gasteiger partial charge is 0.246 e. The number of aromatic amines is 1. The molecule has 8 heteroatoms. The third kappa shape index (κ3) is 6.06. The fourth-order valence-corrected chi connectivity index (χ4v) is 3.22. The Bertz CT molecular complexity index is 869. The molecule has 1 amide bonds. The lowest BCUT2D eigenvalue weighted by Gasteiger charge is -2.33. The quantitative estimate of drug-likeness (QED) is 0.670. The van der Waals surface area contributed by atoms with Crippen molar-refractivity contribution in [3.8, 4) is 11.5 Å². The summed E-state index contributed by atoms with van der Waals surface area (Å²) in [5.41, 5.74) is 0.899. The summed E-state index contributed by atoms with van der Waals surface area (Å²) in [6, 6.07) is 5.70. The van der Waals surface area contributed by atoms with Crippen LogP contribution in [0.5, 0.6) is 11.5 Å². The first-order valence-electron chi connectivity index (χ1n) is 10.3. The summed E-state index contributed by atoms with van der Waals surface area (Å²) in [5, 5.41) is 7.04. The van der Waals surface area contributed by atoms with Crippen LogP contribution in [0.15, 0.2) is 24.3 Å². The van der Waals surface area contributed by atoms with E-state index in [1.165, 1.54) is 0 Å². The first kappa shape index (κ1) is 21.8. The molecule has 8 nitrogen and oxygen atoms in total. The van der Waals surface area contributed by atoms with Gasteiger partial charge in [0.25, 0.3) is 0 Å². The highest BCUT2D eigenvalue weighted by atomic mass is 16.5. The van der Waals surface area contributed by atoms with E-state index in [2.05, 4.69) is 33.9 Å². The standard InChI is InChI=1S/C22H31N5O3/c1-16(2)15-30-19-7-5-18(13-20(19)29-4)6-8-22(28)27-11-9-26(10-12-27)14-21-23-17(3)24-25-21/h5-8,13,16H,9-12,14-15H2,1-4H3,(H,23,24,25)/b8-6+. The van der Waals surface area contributed by atoms with Crippen molar-refractivity contribution in [2.24, 2.45) is 5.92 Å². The van der Waals surface area contributed by atoms with Crippen LogP contribution in [-0.2, 0) is 11.3 Å². The zero-order valence-corrected chi connectivity index (χ0v) is 18.2. The van der Waals surface area contributed by atoms with Crippen molar-refractivity contribution >= 4 is 12.0 Å². The van der Waals surface area contributed by atoms with E-state index in [9.17, 15) is 4.79 Å². The molecular formula is C22H31N5O3. The van der Waals surface area contributed by atoms with Gasteiger partial charge in [-0.25, -0.2) is 4.98 Å². The SMILES string of the molecule is COc1cc(/C=C/C(=O)N2CCN(Cc3n[nH]c(C)n3)CC2)ccc1OCC(C)C. The fourth-order valence-electron chi connectivity index (χ4n) is 3.22. The number of carbonyl (C=O) groups excluding carboxylic acids is 1. The maximum absolute atomic E-state index is 12.6. The summed E-state index contributed by atoms with van der Waals surface area (Å²) < 4.78 is 11.2. The molecule has 2 heterocycles. The fraction of sp³-hybridized carbons (Fsp3) is 0.500. The maximum atomic E-state index is 12.6. The Morgan fingerprint density at radius 2 is 2.00 bits per heavy atom. The minimum absolute atomic E-state index is 0.0162. The number of aromatic nitrogens is 3. The molecule has 2 aromatic rings. The minimum atomic E-state index is 0.0162. The molecule has 0 saturated carbocycles. The molecule has 0 radical (unpaired) electrons. The Kier molecular flexibility index (Phi) is 7.46. The number of piperazine rings is 1. The van der Waals surface area contributed by atoms with E-state index >= 15 is 0 Å². The second-order valence-corrected chi connectivity index (χ2v) is 7.89. The Balaban J connectivity index is 1.52. The summed E-state index contributed by atoms with van der Waals surface area (Å²) >= 11 is 0. The first-order valence-corrected chi connectivity index (χ1v) is 10.3. The van der Waals surface area contributed by atoms with Gasteiger partial charge in [0.15, 0.2) is 17.3 Å². The van der Waals surface area contributed by atoms with Gasteiger partial charge in [0.05, 0.1) is 20.3 Å². The number of H-pyrrole nitrogens is 1. The molecule has 0 atom stereocenters. The first-order chi connectivity index (χ1) is 14.4. The van der Waals surface area contributed by atoms with Gasteiger partial charge >= 0.3 is 0 Å². The average molecular weight is 414 g/mol. The van der Waals surface area contributed by atoms with Crippen molar-refractivity contribution in [2.45, 2.75) is 27.3 Å². The largest absolute Gasteiger partial charge is 0.493 e. The van der Waals surface area contributed by atoms with E-state index in [1.807, 2.05) is 36.1 Å². The third-order valence-corrected chi connectivity index (χ3v) is 4.87. The van der Waals surface area contributed by atoms with Gasteiger partial charge < -0.3 is 14.4 Å². The molecule has 1 aliphatic rings. The number of hydrogen-bond acceptors (Lipinski definition) is 6. The van der Waals surface area contributed by atoms with Crippen LogP contribution in [-0.4, -0.2) is 70.8 Å². The van der Waals surface area contributed by atoms with Crippen LogP contribution >= 0.6 is 0 Å². The number of rotatable bonds is 8. The summed E-state index contributed by atoms with van der Waals surface area (Å²) in [4.78, 5) is 21.0. The van der Waals surface area contributed by atoms with Gasteiger partial charge in [-0.3, -0.25) is 14.8 Å². The highest BCUT2D eigenvalue weighted by Gasteiger charge is 2.20. The van der Waals surface area contributed by atoms with Crippen LogP contribution in [0.1, 0.15) is 31.1 Å². The number of aryl methyl sites for hydroxylation is 1. The highest BCUT2D eigenvalue weighted by Crippen LogP contribution is 2.29. The van der Waals surface area contributed by atoms with Gasteiger partial charge in [-0.1, -0.05) is 19.9 Å². The Morgan fingerprint density at radius 3 is 2.63 bits per heavy atom. The second-order valence-electron chi connectivity index (χ2n) is 7.89. The predicted octanol–water partition coefficient (Wildman–Crippen LogP) is 2.51. The van der Waals surface area contributed by atoms with E-state index in [-0.39, 0.29) is 5.91 Å². The number of hydrogen-bond donors (Lipinski definition) is 1. The van der Waals surface area contributed by atoms with Crippen LogP contribution in [0.4, 0.5) is 0 Å². The van der Waals surface area contributed by atoms with Crippen LogP contribution in [0.2, 0.25) is 0 Å². The summed E-state index contributed by atoms with van der Waals surface area (Å²) in [6.07, 6.45) is 3.44. The normalized spacial score (nSPS) is 15.2. The van der Waals surface area contributed by atoms with Crippen LogP contribution in [0.3, 0.4) is 0 Å². The molecule has 1 N–H and O–H groups in total. The average Bonchev–Trinajstić information content (AvgIpc) is 3.15. The van der Waals surface area contributed by atoms with Gasteiger partial charge in [0.1, 0.15) is 5.82 Å². The third-order valence-electron chi connectivity index (χ3n) is 4.87. The second kappa shape index (κ2) is 10.2. The zero-order valence-electron chi connectivity index (χ0n) is 18.2. The molecular weight excluding hydrogens is 382 g/mol. The van der Waals surface area contributed by atoms with Gasteiger partial charge in [-0.15, -0.1) is 0 Å². The van der Waals surface area contributed by atoms with E-state index in [1.54, 1.807) is 13.2 Å². The monoisotopic (exact) mass is 413 g/mol. The van der Waals surface area contributed by atoms with Crippen LogP contribution < -0.4 is 9.47 Å². The molecule has 1 aromatic carbocycles. The Hall–Kier alpha value is -2.87. The molecule has 1 aliphatic heterocycles. The van der Waals surface area contributed by atoms with Crippen molar-refractivity contribution in [1.82, 2.24) is 25.0 Å². The van der Waals surface area contributed by atoms with Gasteiger partial charge in [-0.05, 0) is 36.6 Å². The minimum Gasteiger partial charge on any atom is -0.493 e. The summed E-state index contributed by atoms with van der Waals surface area (Å²) in [6.45, 7) is 10.4. The highest BCUT2D eigenvalue weighted by molar-refractivity contribution is 5.92. The van der Waals surface area contributed by atoms with E-state index in [4.69, 9.17) is 9.47 Å². The van der Waals surface area contributed by atoms with Crippen LogP contribution in [0, 0.1) is 12.8 Å². The number of methoxy groups -OCH3 is 1. The molecule has 3 rings (SSSR count). The number of nitrogens with zero attached hydrogens (tertiary/aromatic N) is 4. The van der Waals surface area contributed by atoms with E-state index in [0.717, 1.165) is 30.3 Å². The van der Waals surface area contributed by atoms with E-state index in [0.29, 0.717) is 43.7 Å². The molecule has 0 aliphatic carbocycles. The lowest BCUT2D eigenvalue weighted by Crippen LogP contribution is -2.47. The molecule has 0 bridgehead atoms. The van der Waals surface area contributed by atoms with Crippen molar-refractivity contribution in [2.75, 3.05) is 39.9 Å². The molecule has 1 fully saturated rings. The van der Waals surface area contributed by atoms with Gasteiger partial charge in [0.2, 0.25) is 5.91 Å². The molecule has 30 heavy (non-hydrogen) atoms. The number of amides is 1. The van der Waals surface area contributed by atoms with Crippen molar-refractivity contribution in [3.63, 3.8) is 0 Å². The number of carbonyl (C=O) groups is 1. The van der Waals surface area contributed by atoms with E-state index < -0.39 is 0 Å². The number of benzene rings is 1. The molecule has 0 spiro atoms. The predicted molar refractivity (Wildman–Crippen MR) is 115 cm³/mol. The molecule has 1 aromatic heterocycles. The maximum Gasteiger partial charge on any atom is 0.246 e. The lowest BCUT2D eigenvalue weighted by molar-refractivity contribution is -0.127. The van der Waals surface area contributed by atoms with Gasteiger partial charge in [0, 0.05) is 32.3 Å². The number of ether oxygens (including phenoxy) is 2. The van der Waals surface area contributed by atoms with Crippen molar-refractivity contribution < 1.29 is 14.3 Å². The topological polar surface area (TPSA) is 83.6 Å². The zero-order chi connectivity index (χ0) is 21.5. The Labute approximate surface area is 177 Å². The Morgan fingerprint density at radius 1 is 1.23 bits per heavy atom. The summed E-state index contributed by atoms with van der Waals surface area (Å²) in [5.74, 6) is 3.45.